The maximum absolute atomic E-state index is 12.3. The van der Waals surface area contributed by atoms with Gasteiger partial charge in [0.1, 0.15) is 0 Å². The molecule has 1 amide bonds. The van der Waals surface area contributed by atoms with Gasteiger partial charge in [-0.25, -0.2) is 4.98 Å². The first kappa shape index (κ1) is 16.7. The minimum absolute atomic E-state index is 0.115. The summed E-state index contributed by atoms with van der Waals surface area (Å²) in [6.07, 6.45) is 3.11. The van der Waals surface area contributed by atoms with Crippen LogP contribution in [0.25, 0.3) is 10.2 Å². The monoisotopic (exact) mass is 371 g/mol. The van der Waals surface area contributed by atoms with E-state index in [-0.39, 0.29) is 5.91 Å². The lowest BCUT2D eigenvalue weighted by atomic mass is 10.2. The van der Waals surface area contributed by atoms with Crippen molar-refractivity contribution >= 4 is 38.8 Å². The van der Waals surface area contributed by atoms with E-state index in [0.29, 0.717) is 19.1 Å². The lowest BCUT2D eigenvalue weighted by molar-refractivity contribution is -0.122. The average Bonchev–Trinajstić information content (AvgIpc) is 3.34. The Balaban J connectivity index is 1.27. The van der Waals surface area contributed by atoms with E-state index in [9.17, 15) is 4.79 Å². The van der Waals surface area contributed by atoms with Gasteiger partial charge in [0.2, 0.25) is 5.91 Å². The van der Waals surface area contributed by atoms with Crippen LogP contribution in [-0.4, -0.2) is 35.4 Å². The summed E-state index contributed by atoms with van der Waals surface area (Å²) in [4.78, 5) is 20.6. The number of aromatic nitrogens is 1. The van der Waals surface area contributed by atoms with E-state index in [0.717, 1.165) is 29.9 Å². The van der Waals surface area contributed by atoms with Gasteiger partial charge in [0.25, 0.3) is 0 Å². The Bertz CT molecular complexity index is 810. The Hall–Kier alpha value is -1.76. The number of fused-ring (bicyclic) bond motifs is 1. The van der Waals surface area contributed by atoms with Crippen molar-refractivity contribution in [2.24, 2.45) is 0 Å². The van der Waals surface area contributed by atoms with Crippen LogP contribution in [0.5, 0.6) is 0 Å². The van der Waals surface area contributed by atoms with Crippen LogP contribution in [-0.2, 0) is 11.2 Å². The zero-order chi connectivity index (χ0) is 17.1. The summed E-state index contributed by atoms with van der Waals surface area (Å²) < 4.78 is 1.21. The first-order valence-electron chi connectivity index (χ1n) is 8.68. The van der Waals surface area contributed by atoms with E-state index in [2.05, 4.69) is 38.8 Å². The summed E-state index contributed by atoms with van der Waals surface area (Å²) in [5.41, 5.74) is 1.05. The second kappa shape index (κ2) is 7.64. The van der Waals surface area contributed by atoms with Gasteiger partial charge in [-0.3, -0.25) is 9.69 Å². The molecule has 4 nitrogen and oxygen atoms in total. The maximum atomic E-state index is 12.3. The van der Waals surface area contributed by atoms with Gasteiger partial charge in [-0.15, -0.1) is 22.7 Å². The van der Waals surface area contributed by atoms with E-state index in [4.69, 9.17) is 0 Å². The largest absolute Gasteiger partial charge is 0.355 e. The average molecular weight is 372 g/mol. The number of nitrogens with zero attached hydrogens (tertiary/aromatic N) is 2. The molecule has 2 aromatic heterocycles. The van der Waals surface area contributed by atoms with Crippen molar-refractivity contribution < 1.29 is 4.79 Å². The number of benzene rings is 1. The molecule has 1 saturated heterocycles. The van der Waals surface area contributed by atoms with Crippen LogP contribution < -0.4 is 5.32 Å². The van der Waals surface area contributed by atoms with Gasteiger partial charge >= 0.3 is 0 Å². The molecular weight excluding hydrogens is 350 g/mol. The van der Waals surface area contributed by atoms with Gasteiger partial charge in [0, 0.05) is 23.9 Å². The smallest absolute Gasteiger partial charge is 0.234 e. The number of carbonyl (C=O) groups is 1. The maximum Gasteiger partial charge on any atom is 0.234 e. The molecule has 0 bridgehead atoms. The van der Waals surface area contributed by atoms with Gasteiger partial charge in [-0.1, -0.05) is 18.2 Å². The number of thiazole rings is 1. The summed E-state index contributed by atoms with van der Waals surface area (Å²) in [7, 11) is 0. The molecule has 0 spiro atoms. The van der Waals surface area contributed by atoms with Crippen LogP contribution in [0.2, 0.25) is 0 Å². The summed E-state index contributed by atoms with van der Waals surface area (Å²) in [5, 5.41) is 6.26. The highest BCUT2D eigenvalue weighted by atomic mass is 32.1. The molecule has 3 heterocycles. The summed E-state index contributed by atoms with van der Waals surface area (Å²) in [6, 6.07) is 12.8. The number of thiophene rings is 1. The van der Waals surface area contributed by atoms with Crippen LogP contribution in [0.4, 0.5) is 0 Å². The van der Waals surface area contributed by atoms with Crippen LogP contribution in [0.3, 0.4) is 0 Å². The van der Waals surface area contributed by atoms with Gasteiger partial charge in [0.05, 0.1) is 21.8 Å². The van der Waals surface area contributed by atoms with Crippen LogP contribution >= 0.6 is 22.7 Å². The van der Waals surface area contributed by atoms with Crippen molar-refractivity contribution in [3.05, 3.63) is 51.7 Å². The number of hydrogen-bond acceptors (Lipinski definition) is 5. The number of amides is 1. The number of carbonyl (C=O) groups excluding carboxylic acids is 1. The Morgan fingerprint density at radius 3 is 3.04 bits per heavy atom. The van der Waals surface area contributed by atoms with Crippen LogP contribution in [0.15, 0.2) is 41.8 Å². The fourth-order valence-corrected chi connectivity index (χ4v) is 5.26. The van der Waals surface area contributed by atoms with E-state index in [1.807, 2.05) is 18.2 Å². The first-order chi connectivity index (χ1) is 12.3. The van der Waals surface area contributed by atoms with Crippen molar-refractivity contribution in [2.75, 3.05) is 19.6 Å². The second-order valence-electron chi connectivity index (χ2n) is 6.32. The van der Waals surface area contributed by atoms with E-state index in [1.54, 1.807) is 22.7 Å². The molecule has 0 radical (unpaired) electrons. The molecule has 1 atom stereocenters. The number of para-hydroxylation sites is 1. The third-order valence-corrected chi connectivity index (χ3v) is 6.65. The van der Waals surface area contributed by atoms with Crippen molar-refractivity contribution in [1.82, 2.24) is 15.2 Å². The van der Waals surface area contributed by atoms with Crippen molar-refractivity contribution in [3.8, 4) is 0 Å². The van der Waals surface area contributed by atoms with Gasteiger partial charge < -0.3 is 5.32 Å². The summed E-state index contributed by atoms with van der Waals surface area (Å²) in [6.45, 7) is 2.15. The molecule has 6 heteroatoms. The predicted octanol–water partition coefficient (Wildman–Crippen LogP) is 3.85. The molecule has 1 unspecified atom stereocenters. The van der Waals surface area contributed by atoms with Gasteiger partial charge in [0.15, 0.2) is 0 Å². The molecule has 1 aromatic carbocycles. The number of rotatable bonds is 6. The third-order valence-electron chi connectivity index (χ3n) is 4.58. The molecule has 4 rings (SSSR count). The summed E-state index contributed by atoms with van der Waals surface area (Å²) >= 11 is 3.50. The molecular formula is C19H21N3OS2. The fourth-order valence-electron chi connectivity index (χ4n) is 3.39. The number of hydrogen-bond donors (Lipinski definition) is 1. The Morgan fingerprint density at radius 1 is 1.28 bits per heavy atom. The molecule has 1 fully saturated rings. The van der Waals surface area contributed by atoms with Crippen molar-refractivity contribution in [1.29, 1.82) is 0 Å². The standard InChI is InChI=1S/C19H21N3OS2/c23-18(13-22-11-3-6-15(22)17-8-4-12-24-17)20-10-9-19-21-14-5-1-2-7-16(14)25-19/h1-2,4-5,7-8,12,15H,3,6,9-11,13H2,(H,20,23). The number of likely N-dealkylation sites (tertiary alicyclic amines) is 1. The second-order valence-corrected chi connectivity index (χ2v) is 8.41. The highest BCUT2D eigenvalue weighted by Gasteiger charge is 2.27. The molecule has 1 aliphatic heterocycles. The van der Waals surface area contributed by atoms with Crippen LogP contribution in [0, 0.1) is 0 Å². The van der Waals surface area contributed by atoms with E-state index in [1.165, 1.54) is 16.0 Å². The molecule has 1 aliphatic rings. The SMILES string of the molecule is O=C(CN1CCCC1c1cccs1)NCCc1nc2ccccc2s1. The zero-order valence-corrected chi connectivity index (χ0v) is 15.6. The Kier molecular flexibility index (Phi) is 5.10. The molecule has 130 valence electrons. The van der Waals surface area contributed by atoms with Gasteiger partial charge in [-0.2, -0.15) is 0 Å². The predicted molar refractivity (Wildman–Crippen MR) is 104 cm³/mol. The molecule has 25 heavy (non-hydrogen) atoms. The molecule has 0 saturated carbocycles. The topological polar surface area (TPSA) is 45.2 Å². The van der Waals surface area contributed by atoms with Crippen molar-refractivity contribution in [2.45, 2.75) is 25.3 Å². The normalized spacial score (nSPS) is 18.0. The first-order valence-corrected chi connectivity index (χ1v) is 10.4. The highest BCUT2D eigenvalue weighted by Crippen LogP contribution is 2.33. The molecule has 0 aliphatic carbocycles. The van der Waals surface area contributed by atoms with E-state index >= 15 is 0 Å². The van der Waals surface area contributed by atoms with Crippen molar-refractivity contribution in [3.63, 3.8) is 0 Å². The quantitative estimate of drug-likeness (QED) is 0.716. The molecule has 3 aromatic rings. The minimum Gasteiger partial charge on any atom is -0.355 e. The van der Waals surface area contributed by atoms with E-state index < -0.39 is 0 Å². The molecule has 1 N–H and O–H groups in total. The lowest BCUT2D eigenvalue weighted by Gasteiger charge is -2.22. The number of nitrogens with one attached hydrogen (secondary N) is 1. The zero-order valence-electron chi connectivity index (χ0n) is 14.0. The van der Waals surface area contributed by atoms with Gasteiger partial charge in [-0.05, 0) is 43.0 Å². The Labute approximate surface area is 155 Å². The lowest BCUT2D eigenvalue weighted by Crippen LogP contribution is -2.37. The van der Waals surface area contributed by atoms with Crippen LogP contribution in [0.1, 0.15) is 28.8 Å². The third kappa shape index (κ3) is 3.92. The Morgan fingerprint density at radius 2 is 2.20 bits per heavy atom. The summed E-state index contributed by atoms with van der Waals surface area (Å²) in [5.74, 6) is 0.115. The minimum atomic E-state index is 0.115. The fraction of sp³-hybridized carbons (Fsp3) is 0.368. The highest BCUT2D eigenvalue weighted by molar-refractivity contribution is 7.18.